The van der Waals surface area contributed by atoms with Gasteiger partial charge in [-0.15, -0.1) is 0 Å². The molecule has 0 rings (SSSR count). The van der Waals surface area contributed by atoms with Crippen molar-refractivity contribution in [2.45, 2.75) is 18.3 Å². The van der Waals surface area contributed by atoms with E-state index in [2.05, 4.69) is 4.52 Å². The van der Waals surface area contributed by atoms with Crippen molar-refractivity contribution < 1.29 is 39.0 Å². The Morgan fingerprint density at radius 2 is 1.81 bits per heavy atom. The molecule has 0 aliphatic rings. The van der Waals surface area contributed by atoms with E-state index in [0.29, 0.717) is 0 Å². The zero-order chi connectivity index (χ0) is 12.9. The maximum Gasteiger partial charge on any atom is 0.469 e. The second kappa shape index (κ2) is 6.38. The molecule has 16 heavy (non-hydrogen) atoms. The number of aliphatic hydroxyl groups is 3. The van der Waals surface area contributed by atoms with E-state index >= 15 is 0 Å². The number of rotatable bonds is 7. The van der Waals surface area contributed by atoms with Crippen molar-refractivity contribution in [1.82, 2.24) is 0 Å². The molecule has 0 amide bonds. The van der Waals surface area contributed by atoms with Crippen LogP contribution < -0.4 is 5.73 Å². The SMILES string of the molecule is NCC(=O)[C@@H](O)[C@H](O)[C@H](O)COP(=O)(O)O. The van der Waals surface area contributed by atoms with Crippen LogP contribution in [0.15, 0.2) is 0 Å². The van der Waals surface area contributed by atoms with Gasteiger partial charge in [0.2, 0.25) is 0 Å². The molecule has 0 aromatic carbocycles. The fourth-order valence-electron chi connectivity index (χ4n) is 0.794. The average Bonchev–Trinajstić information content (AvgIpc) is 2.21. The monoisotopic (exact) mass is 259 g/mol. The maximum atomic E-state index is 10.8. The molecule has 10 heteroatoms. The van der Waals surface area contributed by atoms with E-state index in [1.165, 1.54) is 0 Å². The molecule has 0 bridgehead atoms. The number of Topliss-reactive ketones (excluding diaryl/α,β-unsaturated/α-hetero) is 1. The Morgan fingerprint density at radius 3 is 2.19 bits per heavy atom. The highest BCUT2D eigenvalue weighted by Crippen LogP contribution is 2.35. The van der Waals surface area contributed by atoms with E-state index in [1.807, 2.05) is 0 Å². The minimum absolute atomic E-state index is 0.537. The first-order chi connectivity index (χ1) is 7.19. The highest BCUT2D eigenvalue weighted by Gasteiger charge is 2.31. The summed E-state index contributed by atoms with van der Waals surface area (Å²) in [7, 11) is -4.78. The summed E-state index contributed by atoms with van der Waals surface area (Å²) >= 11 is 0. The zero-order valence-electron chi connectivity index (χ0n) is 8.13. The second-order valence-corrected chi connectivity index (χ2v) is 4.20. The van der Waals surface area contributed by atoms with E-state index in [9.17, 15) is 14.5 Å². The Balaban J connectivity index is 4.23. The van der Waals surface area contributed by atoms with Gasteiger partial charge in [0.1, 0.15) is 18.3 Å². The van der Waals surface area contributed by atoms with Gasteiger partial charge in [-0.2, -0.15) is 0 Å². The van der Waals surface area contributed by atoms with Crippen molar-refractivity contribution in [1.29, 1.82) is 0 Å². The van der Waals surface area contributed by atoms with Gasteiger partial charge in [-0.1, -0.05) is 0 Å². The normalized spacial score (nSPS) is 17.9. The summed E-state index contributed by atoms with van der Waals surface area (Å²) in [6.45, 7) is -1.47. The van der Waals surface area contributed by atoms with E-state index < -0.39 is 45.1 Å². The molecule has 0 aliphatic heterocycles. The van der Waals surface area contributed by atoms with Crippen LogP contribution in [0.2, 0.25) is 0 Å². The van der Waals surface area contributed by atoms with Gasteiger partial charge < -0.3 is 30.8 Å². The molecule has 0 saturated heterocycles. The van der Waals surface area contributed by atoms with Crippen LogP contribution in [0.4, 0.5) is 0 Å². The third-order valence-corrected chi connectivity index (χ3v) is 2.15. The molecule has 0 aliphatic carbocycles. The summed E-state index contributed by atoms with van der Waals surface area (Å²) in [5.41, 5.74) is 4.90. The molecule has 7 N–H and O–H groups in total. The van der Waals surface area contributed by atoms with Crippen LogP contribution in [0.1, 0.15) is 0 Å². The van der Waals surface area contributed by atoms with E-state index in [1.54, 1.807) is 0 Å². The molecule has 3 atom stereocenters. The van der Waals surface area contributed by atoms with Crippen LogP contribution in [-0.2, 0) is 13.9 Å². The fraction of sp³-hybridized carbons (Fsp3) is 0.833. The van der Waals surface area contributed by atoms with Crippen molar-refractivity contribution in [2.24, 2.45) is 5.73 Å². The van der Waals surface area contributed by atoms with Gasteiger partial charge in [-0.3, -0.25) is 9.32 Å². The van der Waals surface area contributed by atoms with Crippen molar-refractivity contribution in [2.75, 3.05) is 13.2 Å². The summed E-state index contributed by atoms with van der Waals surface area (Å²) < 4.78 is 14.1. The lowest BCUT2D eigenvalue weighted by Crippen LogP contribution is -2.46. The largest absolute Gasteiger partial charge is 0.469 e. The number of aliphatic hydroxyl groups excluding tert-OH is 3. The van der Waals surface area contributed by atoms with E-state index in [4.69, 9.17) is 25.7 Å². The van der Waals surface area contributed by atoms with Gasteiger partial charge in [0.05, 0.1) is 13.2 Å². The average molecular weight is 259 g/mol. The van der Waals surface area contributed by atoms with Crippen LogP contribution in [0.3, 0.4) is 0 Å². The van der Waals surface area contributed by atoms with Crippen molar-refractivity contribution >= 4 is 13.6 Å². The van der Waals surface area contributed by atoms with E-state index in [0.717, 1.165) is 0 Å². The predicted octanol–water partition coefficient (Wildman–Crippen LogP) is -3.29. The lowest BCUT2D eigenvalue weighted by atomic mass is 10.1. The number of phosphoric acid groups is 1. The molecule has 96 valence electrons. The fourth-order valence-corrected chi connectivity index (χ4v) is 1.14. The number of nitrogens with two attached hydrogens (primary N) is 1. The molecule has 0 heterocycles. The topological polar surface area (TPSA) is 171 Å². The smallest absolute Gasteiger partial charge is 0.388 e. The molecule has 0 radical (unpaired) electrons. The van der Waals surface area contributed by atoms with Gasteiger partial charge in [0.25, 0.3) is 0 Å². The van der Waals surface area contributed by atoms with Crippen molar-refractivity contribution in [3.05, 3.63) is 0 Å². The lowest BCUT2D eigenvalue weighted by Gasteiger charge is -2.21. The number of carbonyl (C=O) groups excluding carboxylic acids is 1. The first kappa shape index (κ1) is 15.6. The minimum atomic E-state index is -4.78. The number of hydrogen-bond acceptors (Lipinski definition) is 7. The molecule has 0 unspecified atom stereocenters. The number of phosphoric ester groups is 1. The molecule has 9 nitrogen and oxygen atoms in total. The third kappa shape index (κ3) is 5.64. The molecular weight excluding hydrogens is 245 g/mol. The van der Waals surface area contributed by atoms with Crippen LogP contribution >= 0.6 is 7.82 Å². The molecule has 0 spiro atoms. The predicted molar refractivity (Wildman–Crippen MR) is 50.1 cm³/mol. The Hall–Kier alpha value is -0.380. The van der Waals surface area contributed by atoms with Crippen LogP contribution in [-0.4, -0.2) is 62.4 Å². The minimum Gasteiger partial charge on any atom is -0.388 e. The van der Waals surface area contributed by atoms with Crippen LogP contribution in [0.25, 0.3) is 0 Å². The maximum absolute atomic E-state index is 10.8. The third-order valence-electron chi connectivity index (χ3n) is 1.66. The molecular formula is C6H14NO8P. The Bertz CT molecular complexity index is 278. The zero-order valence-corrected chi connectivity index (χ0v) is 9.03. The van der Waals surface area contributed by atoms with E-state index in [-0.39, 0.29) is 0 Å². The molecule has 0 aromatic heterocycles. The summed E-state index contributed by atoms with van der Waals surface area (Å²) in [4.78, 5) is 27.4. The molecule has 0 aromatic rings. The Labute approximate surface area is 90.7 Å². The highest BCUT2D eigenvalue weighted by atomic mass is 31.2. The van der Waals surface area contributed by atoms with Crippen LogP contribution in [0.5, 0.6) is 0 Å². The summed E-state index contributed by atoms with van der Waals surface area (Å²) in [6, 6.07) is 0. The van der Waals surface area contributed by atoms with Crippen molar-refractivity contribution in [3.8, 4) is 0 Å². The van der Waals surface area contributed by atoms with Crippen LogP contribution in [0, 0.1) is 0 Å². The van der Waals surface area contributed by atoms with Gasteiger partial charge in [-0.25, -0.2) is 4.57 Å². The number of carbonyl (C=O) groups is 1. The Kier molecular flexibility index (Phi) is 6.23. The molecule has 0 fully saturated rings. The highest BCUT2D eigenvalue weighted by molar-refractivity contribution is 7.46. The summed E-state index contributed by atoms with van der Waals surface area (Å²) in [5, 5.41) is 27.4. The Morgan fingerprint density at radius 1 is 1.31 bits per heavy atom. The first-order valence-electron chi connectivity index (χ1n) is 4.16. The quantitative estimate of drug-likeness (QED) is 0.256. The van der Waals surface area contributed by atoms with Gasteiger partial charge >= 0.3 is 7.82 Å². The van der Waals surface area contributed by atoms with Gasteiger partial charge in [0, 0.05) is 0 Å². The van der Waals surface area contributed by atoms with Crippen molar-refractivity contribution in [3.63, 3.8) is 0 Å². The first-order valence-corrected chi connectivity index (χ1v) is 5.69. The van der Waals surface area contributed by atoms with Gasteiger partial charge in [-0.05, 0) is 0 Å². The number of hydrogen-bond donors (Lipinski definition) is 6. The van der Waals surface area contributed by atoms with Gasteiger partial charge in [0.15, 0.2) is 5.78 Å². The summed E-state index contributed by atoms with van der Waals surface area (Å²) in [5.74, 6) is -0.914. The lowest BCUT2D eigenvalue weighted by molar-refractivity contribution is -0.138. The summed E-state index contributed by atoms with van der Waals surface area (Å²) in [6.07, 6.45) is -5.68. The second-order valence-electron chi connectivity index (χ2n) is 2.96. The molecule has 0 saturated carbocycles. The number of ketones is 1. The standard InChI is InChI=1S/C6H14NO8P/c7-1-3(8)5(10)6(11)4(9)2-15-16(12,13)14/h4-6,9-11H,1-2,7H2,(H2,12,13,14)/t4-,5-,6-/m1/s1.